The highest BCUT2D eigenvalue weighted by Crippen LogP contribution is 2.32. The van der Waals surface area contributed by atoms with Gasteiger partial charge in [-0.3, -0.25) is 0 Å². The molecule has 2 heterocycles. The van der Waals surface area contributed by atoms with E-state index in [0.717, 1.165) is 17.3 Å². The number of fused-ring (bicyclic) bond motifs is 1. The molecular formula is C20H22N2. The molecule has 0 bridgehead atoms. The number of nitrogens with zero attached hydrogens (tertiary/aromatic N) is 2. The van der Waals surface area contributed by atoms with Crippen LogP contribution in [0.25, 0.3) is 16.9 Å². The van der Waals surface area contributed by atoms with Crippen LogP contribution >= 0.6 is 0 Å². The Labute approximate surface area is 131 Å². The molecule has 0 unspecified atom stereocenters. The molecule has 0 radical (unpaired) electrons. The third-order valence-corrected chi connectivity index (χ3v) is 4.87. The summed E-state index contributed by atoms with van der Waals surface area (Å²) in [5.74, 6) is 0.731. The van der Waals surface area contributed by atoms with Crippen LogP contribution in [0.15, 0.2) is 54.9 Å². The van der Waals surface area contributed by atoms with Gasteiger partial charge in [0.2, 0.25) is 0 Å². The first-order chi connectivity index (χ1) is 10.9. The maximum atomic E-state index is 4.75. The Kier molecular flexibility index (Phi) is 3.67. The molecule has 0 aliphatic heterocycles. The molecule has 0 N–H and O–H groups in total. The van der Waals surface area contributed by atoms with E-state index in [9.17, 15) is 0 Å². The van der Waals surface area contributed by atoms with E-state index in [1.54, 1.807) is 0 Å². The van der Waals surface area contributed by atoms with E-state index in [1.165, 1.54) is 49.7 Å². The fourth-order valence-electron chi connectivity index (χ4n) is 3.61. The second-order valence-electron chi connectivity index (χ2n) is 6.41. The van der Waals surface area contributed by atoms with Crippen LogP contribution in [0.1, 0.15) is 50.0 Å². The molecule has 3 aromatic rings. The summed E-state index contributed by atoms with van der Waals surface area (Å²) in [6.07, 6.45) is 12.7. The third kappa shape index (κ3) is 2.66. The normalized spacial score (nSPS) is 16.7. The van der Waals surface area contributed by atoms with Crippen molar-refractivity contribution in [2.24, 2.45) is 0 Å². The lowest BCUT2D eigenvalue weighted by Gasteiger charge is -2.14. The van der Waals surface area contributed by atoms with Gasteiger partial charge in [0.1, 0.15) is 5.65 Å². The van der Waals surface area contributed by atoms with Crippen molar-refractivity contribution in [3.63, 3.8) is 0 Å². The summed E-state index contributed by atoms with van der Waals surface area (Å²) in [4.78, 5) is 4.75. The fraction of sp³-hybridized carbons (Fsp3) is 0.350. The molecule has 0 amide bonds. The van der Waals surface area contributed by atoms with Gasteiger partial charge in [-0.1, -0.05) is 62.1 Å². The molecule has 1 saturated carbocycles. The number of aromatic nitrogens is 2. The van der Waals surface area contributed by atoms with Gasteiger partial charge in [-0.15, -0.1) is 0 Å². The Bertz CT molecular complexity index is 750. The number of hydrogen-bond acceptors (Lipinski definition) is 1. The molecule has 2 nitrogen and oxygen atoms in total. The largest absolute Gasteiger partial charge is 0.306 e. The summed E-state index contributed by atoms with van der Waals surface area (Å²) in [7, 11) is 0. The zero-order valence-electron chi connectivity index (χ0n) is 12.9. The van der Waals surface area contributed by atoms with Gasteiger partial charge in [-0.25, -0.2) is 4.98 Å². The van der Waals surface area contributed by atoms with Gasteiger partial charge >= 0.3 is 0 Å². The molecule has 1 aromatic carbocycles. The summed E-state index contributed by atoms with van der Waals surface area (Å²) in [6.45, 7) is 0. The van der Waals surface area contributed by atoms with E-state index >= 15 is 0 Å². The molecule has 2 heteroatoms. The summed E-state index contributed by atoms with van der Waals surface area (Å²) >= 11 is 0. The minimum Gasteiger partial charge on any atom is -0.306 e. The summed E-state index contributed by atoms with van der Waals surface area (Å²) in [6, 6.07) is 14.9. The van der Waals surface area contributed by atoms with Crippen LogP contribution in [0.3, 0.4) is 0 Å². The van der Waals surface area contributed by atoms with Crippen molar-refractivity contribution in [3.8, 4) is 11.3 Å². The average Bonchev–Trinajstić information content (AvgIpc) is 2.81. The average molecular weight is 290 g/mol. The van der Waals surface area contributed by atoms with Crippen molar-refractivity contribution < 1.29 is 0 Å². The van der Waals surface area contributed by atoms with E-state index < -0.39 is 0 Å². The highest BCUT2D eigenvalue weighted by molar-refractivity contribution is 5.62. The van der Waals surface area contributed by atoms with Crippen LogP contribution < -0.4 is 0 Å². The first kappa shape index (κ1) is 13.6. The summed E-state index contributed by atoms with van der Waals surface area (Å²) in [5, 5.41) is 0. The van der Waals surface area contributed by atoms with Crippen molar-refractivity contribution in [3.05, 3.63) is 60.4 Å². The highest BCUT2D eigenvalue weighted by Gasteiger charge is 2.15. The van der Waals surface area contributed by atoms with Crippen molar-refractivity contribution in [1.82, 2.24) is 9.38 Å². The minimum atomic E-state index is 0.731. The number of rotatable bonds is 2. The molecule has 22 heavy (non-hydrogen) atoms. The zero-order chi connectivity index (χ0) is 14.8. The van der Waals surface area contributed by atoms with Gasteiger partial charge in [-0.05, 0) is 30.4 Å². The Balaban J connectivity index is 1.69. The van der Waals surface area contributed by atoms with Crippen LogP contribution in [-0.4, -0.2) is 9.38 Å². The third-order valence-electron chi connectivity index (χ3n) is 4.87. The van der Waals surface area contributed by atoms with Crippen molar-refractivity contribution >= 4 is 5.65 Å². The standard InChI is InChI=1S/C20H22N2/c1-2-5-9-16(8-4-1)18-12-13-20-21-19(15-22(20)14-18)17-10-6-3-7-11-17/h3,6-7,10-16H,1-2,4-5,8-9H2. The molecule has 1 aliphatic carbocycles. The van der Waals surface area contributed by atoms with E-state index in [1.807, 2.05) is 6.07 Å². The van der Waals surface area contributed by atoms with E-state index in [4.69, 9.17) is 4.98 Å². The molecule has 0 atom stereocenters. The monoisotopic (exact) mass is 290 g/mol. The second-order valence-corrected chi connectivity index (χ2v) is 6.41. The van der Waals surface area contributed by atoms with Crippen LogP contribution in [0, 0.1) is 0 Å². The number of hydrogen-bond donors (Lipinski definition) is 0. The van der Waals surface area contributed by atoms with Gasteiger partial charge in [0.15, 0.2) is 0 Å². The molecule has 0 spiro atoms. The van der Waals surface area contributed by atoms with E-state index in [0.29, 0.717) is 0 Å². The Morgan fingerprint density at radius 1 is 0.818 bits per heavy atom. The molecule has 1 fully saturated rings. The summed E-state index contributed by atoms with van der Waals surface area (Å²) < 4.78 is 2.20. The van der Waals surface area contributed by atoms with E-state index in [-0.39, 0.29) is 0 Å². The first-order valence-electron chi connectivity index (χ1n) is 8.44. The molecule has 0 saturated heterocycles. The van der Waals surface area contributed by atoms with Crippen molar-refractivity contribution in [2.75, 3.05) is 0 Å². The fourth-order valence-corrected chi connectivity index (χ4v) is 3.61. The van der Waals surface area contributed by atoms with Crippen LogP contribution in [0.4, 0.5) is 0 Å². The Morgan fingerprint density at radius 3 is 2.36 bits per heavy atom. The van der Waals surface area contributed by atoms with Gasteiger partial charge in [0, 0.05) is 18.0 Å². The van der Waals surface area contributed by atoms with Gasteiger partial charge in [0.05, 0.1) is 5.69 Å². The topological polar surface area (TPSA) is 17.3 Å². The second kappa shape index (κ2) is 5.96. The molecule has 4 rings (SSSR count). The minimum absolute atomic E-state index is 0.731. The smallest absolute Gasteiger partial charge is 0.137 e. The molecule has 112 valence electrons. The van der Waals surface area contributed by atoms with Gasteiger partial charge in [-0.2, -0.15) is 0 Å². The number of imidazole rings is 1. The van der Waals surface area contributed by atoms with Gasteiger partial charge < -0.3 is 4.40 Å². The lowest BCUT2D eigenvalue weighted by atomic mass is 9.93. The predicted molar refractivity (Wildman–Crippen MR) is 91.1 cm³/mol. The Hall–Kier alpha value is -2.09. The SMILES string of the molecule is c1ccc(-c2cn3cc(C4CCCCCC4)ccc3n2)cc1. The quantitative estimate of drug-likeness (QED) is 0.574. The maximum Gasteiger partial charge on any atom is 0.137 e. The summed E-state index contributed by atoms with van der Waals surface area (Å²) in [5.41, 5.74) is 4.75. The predicted octanol–water partition coefficient (Wildman–Crippen LogP) is 5.44. The molecule has 2 aromatic heterocycles. The maximum absolute atomic E-state index is 4.75. The Morgan fingerprint density at radius 2 is 1.59 bits per heavy atom. The molecule has 1 aliphatic rings. The van der Waals surface area contributed by atoms with Crippen LogP contribution in [0.5, 0.6) is 0 Å². The van der Waals surface area contributed by atoms with Crippen molar-refractivity contribution in [2.45, 2.75) is 44.4 Å². The van der Waals surface area contributed by atoms with Crippen LogP contribution in [-0.2, 0) is 0 Å². The molecular weight excluding hydrogens is 268 g/mol. The number of benzene rings is 1. The zero-order valence-corrected chi connectivity index (χ0v) is 12.9. The lowest BCUT2D eigenvalue weighted by molar-refractivity contribution is 0.590. The number of pyridine rings is 1. The highest BCUT2D eigenvalue weighted by atomic mass is 15.0. The van der Waals surface area contributed by atoms with Gasteiger partial charge in [0.25, 0.3) is 0 Å². The van der Waals surface area contributed by atoms with E-state index in [2.05, 4.69) is 53.2 Å². The van der Waals surface area contributed by atoms with Crippen molar-refractivity contribution in [1.29, 1.82) is 0 Å². The van der Waals surface area contributed by atoms with Crippen LogP contribution in [0.2, 0.25) is 0 Å². The first-order valence-corrected chi connectivity index (χ1v) is 8.44. The lowest BCUT2D eigenvalue weighted by Crippen LogP contribution is -1.99.